The van der Waals surface area contributed by atoms with E-state index < -0.39 is 17.2 Å². The first kappa shape index (κ1) is 10.4. The lowest BCUT2D eigenvalue weighted by molar-refractivity contribution is -0.0286. The maximum atomic E-state index is 13.2. The van der Waals surface area contributed by atoms with Crippen LogP contribution in [0.2, 0.25) is 0 Å². The zero-order valence-corrected chi connectivity index (χ0v) is 8.43. The predicted octanol–water partition coefficient (Wildman–Crippen LogP) is 2.29. The SMILES string of the molecule is C[C@]1(O)CC[C@@H]1Nc1ccc(F)cc1F. The van der Waals surface area contributed by atoms with Gasteiger partial charge < -0.3 is 10.4 Å². The molecule has 1 aromatic rings. The molecule has 4 heteroatoms. The van der Waals surface area contributed by atoms with E-state index >= 15 is 0 Å². The maximum Gasteiger partial charge on any atom is 0.149 e. The molecule has 2 rings (SSSR count). The third kappa shape index (κ3) is 1.95. The van der Waals surface area contributed by atoms with E-state index in [0.717, 1.165) is 12.5 Å². The molecule has 0 amide bonds. The van der Waals surface area contributed by atoms with E-state index in [2.05, 4.69) is 5.32 Å². The Bertz CT molecular complexity index is 379. The average Bonchev–Trinajstić information content (AvgIpc) is 2.15. The molecule has 2 N–H and O–H groups in total. The summed E-state index contributed by atoms with van der Waals surface area (Å²) in [4.78, 5) is 0. The highest BCUT2D eigenvalue weighted by Gasteiger charge is 2.41. The Hall–Kier alpha value is -1.16. The van der Waals surface area contributed by atoms with Gasteiger partial charge in [-0.2, -0.15) is 0 Å². The van der Waals surface area contributed by atoms with Crippen molar-refractivity contribution in [1.29, 1.82) is 0 Å². The molecule has 0 radical (unpaired) electrons. The van der Waals surface area contributed by atoms with Crippen molar-refractivity contribution in [1.82, 2.24) is 0 Å². The van der Waals surface area contributed by atoms with Crippen molar-refractivity contribution in [3.63, 3.8) is 0 Å². The monoisotopic (exact) mass is 213 g/mol. The lowest BCUT2D eigenvalue weighted by atomic mass is 9.76. The Morgan fingerprint density at radius 2 is 2.20 bits per heavy atom. The van der Waals surface area contributed by atoms with Crippen LogP contribution in [0.1, 0.15) is 19.8 Å². The van der Waals surface area contributed by atoms with E-state index in [9.17, 15) is 13.9 Å². The Morgan fingerprint density at radius 1 is 1.47 bits per heavy atom. The number of aliphatic hydroxyl groups is 1. The molecule has 1 fully saturated rings. The van der Waals surface area contributed by atoms with Gasteiger partial charge in [0.1, 0.15) is 11.6 Å². The second-order valence-electron chi connectivity index (χ2n) is 4.22. The van der Waals surface area contributed by atoms with Gasteiger partial charge in [-0.15, -0.1) is 0 Å². The zero-order valence-electron chi connectivity index (χ0n) is 8.43. The summed E-state index contributed by atoms with van der Waals surface area (Å²) in [6.45, 7) is 1.70. The van der Waals surface area contributed by atoms with Crippen LogP contribution in [0.15, 0.2) is 18.2 Å². The molecule has 0 heterocycles. The number of hydrogen-bond acceptors (Lipinski definition) is 2. The van der Waals surface area contributed by atoms with Gasteiger partial charge in [0.25, 0.3) is 0 Å². The van der Waals surface area contributed by atoms with Crippen molar-refractivity contribution in [2.24, 2.45) is 0 Å². The quantitative estimate of drug-likeness (QED) is 0.790. The van der Waals surface area contributed by atoms with Gasteiger partial charge in [-0.1, -0.05) is 0 Å². The number of halogens is 2. The van der Waals surface area contributed by atoms with Crippen LogP contribution in [-0.2, 0) is 0 Å². The minimum absolute atomic E-state index is 0.155. The summed E-state index contributed by atoms with van der Waals surface area (Å²) in [6.07, 6.45) is 1.50. The Morgan fingerprint density at radius 3 is 2.67 bits per heavy atom. The summed E-state index contributed by atoms with van der Waals surface area (Å²) in [5, 5.41) is 12.6. The lowest BCUT2D eigenvalue weighted by Crippen LogP contribution is -2.53. The van der Waals surface area contributed by atoms with E-state index in [1.807, 2.05) is 0 Å². The molecule has 0 aromatic heterocycles. The van der Waals surface area contributed by atoms with Crippen molar-refractivity contribution in [3.05, 3.63) is 29.8 Å². The van der Waals surface area contributed by atoms with Gasteiger partial charge in [-0.3, -0.25) is 0 Å². The standard InChI is InChI=1S/C11H13F2NO/c1-11(15)5-4-10(11)14-9-3-2-7(12)6-8(9)13/h2-3,6,10,14-15H,4-5H2,1H3/t10-,11-/m0/s1. The van der Waals surface area contributed by atoms with E-state index in [0.29, 0.717) is 6.42 Å². The molecule has 1 saturated carbocycles. The van der Waals surface area contributed by atoms with E-state index in [-0.39, 0.29) is 11.7 Å². The molecular formula is C11H13F2NO. The molecule has 2 atom stereocenters. The fourth-order valence-corrected chi connectivity index (χ4v) is 1.73. The molecule has 15 heavy (non-hydrogen) atoms. The van der Waals surface area contributed by atoms with Crippen LogP contribution < -0.4 is 5.32 Å². The normalized spacial score (nSPS) is 29.7. The average molecular weight is 213 g/mol. The topological polar surface area (TPSA) is 32.3 Å². The Labute approximate surface area is 86.9 Å². The summed E-state index contributed by atoms with van der Waals surface area (Å²) in [5.41, 5.74) is -0.553. The summed E-state index contributed by atoms with van der Waals surface area (Å²) in [6, 6.07) is 3.21. The molecule has 0 saturated heterocycles. The van der Waals surface area contributed by atoms with Crippen LogP contribution in [0.5, 0.6) is 0 Å². The molecule has 1 aliphatic carbocycles. The molecule has 2 nitrogen and oxygen atoms in total. The minimum Gasteiger partial charge on any atom is -0.388 e. The van der Waals surface area contributed by atoms with Crippen LogP contribution >= 0.6 is 0 Å². The second kappa shape index (κ2) is 3.45. The number of hydrogen-bond donors (Lipinski definition) is 2. The highest BCUT2D eigenvalue weighted by Crippen LogP contribution is 2.34. The molecular weight excluding hydrogens is 200 g/mol. The largest absolute Gasteiger partial charge is 0.388 e. The molecule has 0 aliphatic heterocycles. The number of nitrogens with one attached hydrogen (secondary N) is 1. The first-order valence-electron chi connectivity index (χ1n) is 4.93. The number of rotatable bonds is 2. The predicted molar refractivity (Wildman–Crippen MR) is 53.6 cm³/mol. The first-order chi connectivity index (χ1) is 6.99. The Kier molecular flexibility index (Phi) is 2.38. The van der Waals surface area contributed by atoms with Crippen molar-refractivity contribution >= 4 is 5.69 Å². The van der Waals surface area contributed by atoms with Gasteiger partial charge in [0.15, 0.2) is 0 Å². The lowest BCUT2D eigenvalue weighted by Gasteiger charge is -2.43. The van der Waals surface area contributed by atoms with Gasteiger partial charge in [0, 0.05) is 6.07 Å². The van der Waals surface area contributed by atoms with Crippen LogP contribution in [0.4, 0.5) is 14.5 Å². The van der Waals surface area contributed by atoms with Gasteiger partial charge in [-0.25, -0.2) is 8.78 Å². The zero-order chi connectivity index (χ0) is 11.1. The molecule has 0 spiro atoms. The smallest absolute Gasteiger partial charge is 0.149 e. The highest BCUT2D eigenvalue weighted by molar-refractivity contribution is 5.46. The number of anilines is 1. The molecule has 0 bridgehead atoms. The van der Waals surface area contributed by atoms with Crippen LogP contribution in [0.25, 0.3) is 0 Å². The third-order valence-electron chi connectivity index (χ3n) is 2.95. The first-order valence-corrected chi connectivity index (χ1v) is 4.93. The third-order valence-corrected chi connectivity index (χ3v) is 2.95. The van der Waals surface area contributed by atoms with Crippen molar-refractivity contribution in [2.75, 3.05) is 5.32 Å². The van der Waals surface area contributed by atoms with E-state index in [1.165, 1.54) is 12.1 Å². The fourth-order valence-electron chi connectivity index (χ4n) is 1.73. The molecule has 1 aliphatic rings. The maximum absolute atomic E-state index is 13.2. The summed E-state index contributed by atoms with van der Waals surface area (Å²) in [5.74, 6) is -1.23. The van der Waals surface area contributed by atoms with Crippen molar-refractivity contribution < 1.29 is 13.9 Å². The number of benzene rings is 1. The molecule has 0 unspecified atom stereocenters. The Balaban J connectivity index is 2.11. The van der Waals surface area contributed by atoms with E-state index in [1.54, 1.807) is 6.92 Å². The highest BCUT2D eigenvalue weighted by atomic mass is 19.1. The van der Waals surface area contributed by atoms with Crippen LogP contribution in [0.3, 0.4) is 0 Å². The minimum atomic E-state index is -0.791. The van der Waals surface area contributed by atoms with Crippen molar-refractivity contribution in [3.8, 4) is 0 Å². The van der Waals surface area contributed by atoms with E-state index in [4.69, 9.17) is 0 Å². The van der Waals surface area contributed by atoms with Gasteiger partial charge in [0.05, 0.1) is 17.3 Å². The van der Waals surface area contributed by atoms with Gasteiger partial charge >= 0.3 is 0 Å². The molecule has 82 valence electrons. The van der Waals surface area contributed by atoms with Crippen molar-refractivity contribution in [2.45, 2.75) is 31.4 Å². The van der Waals surface area contributed by atoms with Crippen LogP contribution in [0, 0.1) is 11.6 Å². The van der Waals surface area contributed by atoms with Gasteiger partial charge in [0.2, 0.25) is 0 Å². The van der Waals surface area contributed by atoms with Crippen LogP contribution in [-0.4, -0.2) is 16.7 Å². The fraction of sp³-hybridized carbons (Fsp3) is 0.455. The van der Waals surface area contributed by atoms with Gasteiger partial charge in [-0.05, 0) is 31.9 Å². The summed E-state index contributed by atoms with van der Waals surface area (Å²) < 4.78 is 25.9. The second-order valence-corrected chi connectivity index (χ2v) is 4.22. The molecule has 1 aromatic carbocycles. The summed E-state index contributed by atoms with van der Waals surface area (Å²) in [7, 11) is 0. The summed E-state index contributed by atoms with van der Waals surface area (Å²) >= 11 is 0.